The van der Waals surface area contributed by atoms with Crippen LogP contribution in [0.3, 0.4) is 0 Å². The van der Waals surface area contributed by atoms with Crippen LogP contribution in [0.15, 0.2) is 11.1 Å². The number of cyclic esters (lactones) is 1. The van der Waals surface area contributed by atoms with Crippen LogP contribution in [0.25, 0.3) is 0 Å². The van der Waals surface area contributed by atoms with E-state index in [1.165, 1.54) is 0 Å². The van der Waals surface area contributed by atoms with Crippen LogP contribution in [0.5, 0.6) is 0 Å². The Bertz CT molecular complexity index is 1310. The number of carbonyl (C=O) groups is 3. The van der Waals surface area contributed by atoms with Crippen molar-refractivity contribution in [3.8, 4) is 0 Å². The van der Waals surface area contributed by atoms with Crippen molar-refractivity contribution in [2.45, 2.75) is 120 Å². The van der Waals surface area contributed by atoms with Gasteiger partial charge in [0.1, 0.15) is 48.3 Å². The van der Waals surface area contributed by atoms with E-state index >= 15 is 0 Å². The molecule has 4 aliphatic heterocycles. The first kappa shape index (κ1) is 31.5. The van der Waals surface area contributed by atoms with Crippen molar-refractivity contribution in [3.05, 3.63) is 11.1 Å². The van der Waals surface area contributed by atoms with Gasteiger partial charge in [0, 0.05) is 35.2 Å². The van der Waals surface area contributed by atoms with Crippen molar-refractivity contribution in [2.24, 2.45) is 28.6 Å². The maximum absolute atomic E-state index is 13.4. The molecule has 0 aromatic rings. The van der Waals surface area contributed by atoms with Gasteiger partial charge in [0.25, 0.3) is 0 Å². The van der Waals surface area contributed by atoms with Crippen LogP contribution in [-0.2, 0) is 42.8 Å². The van der Waals surface area contributed by atoms with Crippen molar-refractivity contribution >= 4 is 17.9 Å². The molecule has 0 aromatic carbocycles. The molecule has 2 saturated carbocycles. The average molecular weight is 637 g/mol. The molecule has 7 aliphatic rings. The molecule has 0 aromatic heterocycles. The fourth-order valence-electron chi connectivity index (χ4n) is 9.92. The van der Waals surface area contributed by atoms with Gasteiger partial charge in [-0.25, -0.2) is 4.79 Å². The molecule has 7 rings (SSSR count). The summed E-state index contributed by atoms with van der Waals surface area (Å²) in [5.74, 6) is -1.10. The Morgan fingerprint density at radius 2 is 1.76 bits per heavy atom. The van der Waals surface area contributed by atoms with Gasteiger partial charge in [0.05, 0.1) is 19.3 Å². The maximum atomic E-state index is 13.4. The molecule has 5 unspecified atom stereocenters. The van der Waals surface area contributed by atoms with E-state index in [0.29, 0.717) is 13.0 Å². The minimum absolute atomic E-state index is 0.0231. The molecule has 0 radical (unpaired) electrons. The van der Waals surface area contributed by atoms with Crippen molar-refractivity contribution in [1.82, 2.24) is 0 Å². The third kappa shape index (κ3) is 4.14. The average Bonchev–Trinajstić information content (AvgIpc) is 3.89. The molecule has 250 valence electrons. The van der Waals surface area contributed by atoms with E-state index in [1.54, 1.807) is 0 Å². The van der Waals surface area contributed by atoms with Gasteiger partial charge in [0.2, 0.25) is 6.29 Å². The van der Waals surface area contributed by atoms with E-state index in [2.05, 4.69) is 20.8 Å². The summed E-state index contributed by atoms with van der Waals surface area (Å²) in [6.07, 6.45) is -6.22. The predicted molar refractivity (Wildman–Crippen MR) is 150 cm³/mol. The van der Waals surface area contributed by atoms with Gasteiger partial charge in [-0.1, -0.05) is 20.8 Å². The molecule has 5 fully saturated rings. The molecule has 13 nitrogen and oxygen atoms in total. The summed E-state index contributed by atoms with van der Waals surface area (Å²) in [5, 5.41) is 39.4. The van der Waals surface area contributed by atoms with Crippen molar-refractivity contribution < 1.29 is 63.2 Å². The van der Waals surface area contributed by atoms with Crippen LogP contribution < -0.4 is 0 Å². The summed E-state index contributed by atoms with van der Waals surface area (Å²) in [6.45, 7) is 8.54. The highest BCUT2D eigenvalue weighted by Crippen LogP contribution is 2.82. The zero-order valence-corrected chi connectivity index (χ0v) is 26.1. The summed E-state index contributed by atoms with van der Waals surface area (Å²) < 4.78 is 35.7. The summed E-state index contributed by atoms with van der Waals surface area (Å²) in [4.78, 5) is 38.3. The normalized spacial score (nSPS) is 49.2. The maximum Gasteiger partial charge on any atom is 0.334 e. The topological polar surface area (TPSA) is 191 Å². The van der Waals surface area contributed by atoms with Gasteiger partial charge in [-0.2, -0.15) is 0 Å². The molecule has 13 atom stereocenters. The van der Waals surface area contributed by atoms with Gasteiger partial charge in [-0.15, -0.1) is 0 Å². The van der Waals surface area contributed by atoms with E-state index in [9.17, 15) is 34.8 Å². The minimum atomic E-state index is -1.70. The number of aliphatic hydroxyl groups excluding tert-OH is 4. The quantitative estimate of drug-likeness (QED) is 0.162. The number of carbonyl (C=O) groups excluding carboxylic acids is 3. The number of hydrogen-bond acceptors (Lipinski definition) is 13. The van der Waals surface area contributed by atoms with Crippen molar-refractivity contribution in [3.63, 3.8) is 0 Å². The molecular formula is C32H44O13. The minimum Gasteiger partial charge on any atom is -0.459 e. The number of ether oxygens (including phenoxy) is 6. The summed E-state index contributed by atoms with van der Waals surface area (Å²) in [7, 11) is 0. The first-order chi connectivity index (χ1) is 21.3. The Hall–Kier alpha value is -2.13. The number of fused-ring (bicyclic) bond motifs is 4. The number of epoxide rings is 1. The SMILES string of the molecule is CC(C)[C@]12C[C@H]1[C@@H]1O[C@@]13[C@@]1(C)CCC4=C(COC4=O)[C@@H]1CO[C@]3(C)[C@@H]2OC(=O)CCCC(=O)OC1OC(CO)C(O)C(O)C1O. The molecule has 1 spiro atoms. The zero-order valence-electron chi connectivity index (χ0n) is 26.1. The van der Waals surface area contributed by atoms with Gasteiger partial charge < -0.3 is 48.8 Å². The van der Waals surface area contributed by atoms with Gasteiger partial charge in [-0.3, -0.25) is 9.59 Å². The first-order valence-corrected chi connectivity index (χ1v) is 16.2. The molecular weight excluding hydrogens is 592 g/mol. The van der Waals surface area contributed by atoms with Crippen LogP contribution in [0, 0.1) is 28.6 Å². The van der Waals surface area contributed by atoms with Crippen LogP contribution in [0.4, 0.5) is 0 Å². The highest BCUT2D eigenvalue weighted by atomic mass is 16.7. The molecule has 4 N–H and O–H groups in total. The van der Waals surface area contributed by atoms with E-state index in [1.807, 2.05) is 6.92 Å². The highest BCUT2D eigenvalue weighted by Gasteiger charge is 2.93. The lowest BCUT2D eigenvalue weighted by Gasteiger charge is -2.61. The monoisotopic (exact) mass is 636 g/mol. The molecule has 13 heteroatoms. The number of esters is 3. The van der Waals surface area contributed by atoms with Crippen LogP contribution in [0.2, 0.25) is 0 Å². The molecule has 3 aliphatic carbocycles. The molecule has 0 bridgehead atoms. The van der Waals surface area contributed by atoms with Crippen LogP contribution in [-0.4, -0.2) is 112 Å². The lowest BCUT2D eigenvalue weighted by molar-refractivity contribution is -0.292. The molecule has 4 heterocycles. The van der Waals surface area contributed by atoms with Gasteiger partial charge >= 0.3 is 17.9 Å². The van der Waals surface area contributed by atoms with E-state index in [0.717, 1.165) is 24.0 Å². The Morgan fingerprint density at radius 1 is 1.04 bits per heavy atom. The van der Waals surface area contributed by atoms with E-state index in [4.69, 9.17) is 28.4 Å². The van der Waals surface area contributed by atoms with Crippen molar-refractivity contribution in [1.29, 1.82) is 0 Å². The fraction of sp³-hybridized carbons (Fsp3) is 0.844. The van der Waals surface area contributed by atoms with E-state index in [-0.39, 0.29) is 66.5 Å². The Morgan fingerprint density at radius 3 is 2.44 bits per heavy atom. The smallest absolute Gasteiger partial charge is 0.334 e. The van der Waals surface area contributed by atoms with E-state index < -0.39 is 66.6 Å². The second-order valence-electron chi connectivity index (χ2n) is 14.7. The standard InChI is InChI=1S/C32H44O13/c1-14(2)31-10-17(31)25-32(45-25)29(3)9-8-15-16(12-40-26(15)39)18(29)13-41-30(32,4)28(31)44-21(35)7-5-6-20(34)43-27-24(38)23(37)22(36)19(11-33)42-27/h14,17-19,22-25,27-28,33,36-38H,5-13H2,1-4H3/t17-,18-,19?,22?,23?,24?,25-,27?,28-,29-,30+,31+,32+/m0/s1. The fourth-order valence-corrected chi connectivity index (χ4v) is 9.92. The molecule has 45 heavy (non-hydrogen) atoms. The number of rotatable bonds is 8. The molecule has 3 saturated heterocycles. The highest BCUT2D eigenvalue weighted by molar-refractivity contribution is 5.92. The number of hydrogen-bond donors (Lipinski definition) is 4. The first-order valence-electron chi connectivity index (χ1n) is 16.2. The lowest BCUT2D eigenvalue weighted by Crippen LogP contribution is -2.73. The Balaban J connectivity index is 1.04. The third-order valence-corrected chi connectivity index (χ3v) is 12.5. The summed E-state index contributed by atoms with van der Waals surface area (Å²) in [6, 6.07) is 0. The predicted octanol–water partition coefficient (Wildman–Crippen LogP) is 0.284. The van der Waals surface area contributed by atoms with Gasteiger partial charge in [0.15, 0.2) is 0 Å². The van der Waals surface area contributed by atoms with Gasteiger partial charge in [-0.05, 0) is 50.0 Å². The summed E-state index contributed by atoms with van der Waals surface area (Å²) >= 11 is 0. The van der Waals surface area contributed by atoms with Crippen LogP contribution in [0.1, 0.15) is 66.2 Å². The van der Waals surface area contributed by atoms with Crippen LogP contribution >= 0.6 is 0 Å². The second-order valence-corrected chi connectivity index (χ2v) is 14.7. The lowest BCUT2D eigenvalue weighted by atomic mass is 9.49. The molecule has 0 amide bonds. The zero-order chi connectivity index (χ0) is 32.3. The summed E-state index contributed by atoms with van der Waals surface area (Å²) in [5.41, 5.74) is -0.440. The number of aliphatic hydroxyl groups is 4. The Kier molecular flexibility index (Phi) is 7.30. The Labute approximate surface area is 261 Å². The third-order valence-electron chi connectivity index (χ3n) is 12.5. The second kappa shape index (κ2) is 10.4. The van der Waals surface area contributed by atoms with Crippen molar-refractivity contribution in [2.75, 3.05) is 19.8 Å². The largest absolute Gasteiger partial charge is 0.459 e.